The van der Waals surface area contributed by atoms with Crippen molar-refractivity contribution in [3.63, 3.8) is 0 Å². The maximum absolute atomic E-state index is 13.8. The van der Waals surface area contributed by atoms with Gasteiger partial charge in [0, 0.05) is 41.9 Å². The number of aryl methyl sites for hydroxylation is 1. The van der Waals surface area contributed by atoms with E-state index in [1.807, 2.05) is 0 Å². The molecule has 1 saturated heterocycles. The van der Waals surface area contributed by atoms with Crippen molar-refractivity contribution in [3.8, 4) is 0 Å². The number of carbonyl (C=O) groups excluding carboxylic acids is 2. The van der Waals surface area contributed by atoms with Crippen LogP contribution in [0.15, 0.2) is 39.7 Å². The van der Waals surface area contributed by atoms with E-state index in [2.05, 4.69) is 21.2 Å². The van der Waals surface area contributed by atoms with Gasteiger partial charge in [-0.25, -0.2) is 12.8 Å². The van der Waals surface area contributed by atoms with E-state index in [4.69, 9.17) is 0 Å². The number of benzene rings is 2. The zero-order chi connectivity index (χ0) is 24.6. The number of hydrogen-bond donors (Lipinski definition) is 1. The highest BCUT2D eigenvalue weighted by molar-refractivity contribution is 9.10. The fourth-order valence-electron chi connectivity index (χ4n) is 4.46. The molecule has 0 aliphatic carbocycles. The monoisotopic (exact) mass is 551 g/mol. The van der Waals surface area contributed by atoms with Gasteiger partial charge in [-0.3, -0.25) is 9.59 Å². The zero-order valence-electron chi connectivity index (χ0n) is 19.1. The average molecular weight is 552 g/mol. The van der Waals surface area contributed by atoms with Crippen molar-refractivity contribution in [2.75, 3.05) is 29.9 Å². The minimum atomic E-state index is -3.91. The van der Waals surface area contributed by atoms with E-state index in [-0.39, 0.29) is 23.3 Å². The predicted molar refractivity (Wildman–Crippen MR) is 132 cm³/mol. The Morgan fingerprint density at radius 1 is 1.21 bits per heavy atom. The van der Waals surface area contributed by atoms with E-state index in [1.54, 1.807) is 43.0 Å². The first-order valence-electron chi connectivity index (χ1n) is 11.3. The van der Waals surface area contributed by atoms with Gasteiger partial charge in [0.25, 0.3) is 0 Å². The molecular formula is C24H27BrFN3O4S. The van der Waals surface area contributed by atoms with Crippen molar-refractivity contribution < 1.29 is 22.4 Å². The number of nitrogens with zero attached hydrogens (tertiary/aromatic N) is 2. The van der Waals surface area contributed by atoms with Crippen molar-refractivity contribution in [1.29, 1.82) is 0 Å². The molecule has 0 spiro atoms. The first kappa shape index (κ1) is 24.8. The lowest BCUT2D eigenvalue weighted by atomic mass is 9.98. The van der Waals surface area contributed by atoms with Crippen molar-refractivity contribution in [3.05, 3.63) is 51.7 Å². The first-order chi connectivity index (χ1) is 16.1. The molecule has 0 aromatic heterocycles. The van der Waals surface area contributed by atoms with Crippen LogP contribution in [0.3, 0.4) is 0 Å². The zero-order valence-corrected chi connectivity index (χ0v) is 21.5. The highest BCUT2D eigenvalue weighted by Gasteiger charge is 2.36. The molecule has 0 saturated carbocycles. The quantitative estimate of drug-likeness (QED) is 0.602. The second-order valence-electron chi connectivity index (χ2n) is 8.72. The minimum absolute atomic E-state index is 0.0314. The summed E-state index contributed by atoms with van der Waals surface area (Å²) in [6.45, 7) is 4.28. The molecule has 7 nitrogen and oxygen atoms in total. The van der Waals surface area contributed by atoms with E-state index in [1.165, 1.54) is 10.4 Å². The number of carbonyl (C=O) groups is 2. The summed E-state index contributed by atoms with van der Waals surface area (Å²) >= 11 is 3.40. The molecule has 1 atom stereocenters. The molecule has 2 amide bonds. The Labute approximate surface area is 207 Å². The number of halogens is 2. The number of piperidine rings is 1. The molecule has 2 aliphatic rings. The maximum atomic E-state index is 13.8. The van der Waals surface area contributed by atoms with E-state index in [0.29, 0.717) is 60.2 Å². The molecule has 2 aromatic carbocycles. The van der Waals surface area contributed by atoms with Gasteiger partial charge < -0.3 is 10.2 Å². The van der Waals surface area contributed by atoms with Crippen LogP contribution in [0.5, 0.6) is 0 Å². The summed E-state index contributed by atoms with van der Waals surface area (Å²) < 4.78 is 42.8. The Kier molecular flexibility index (Phi) is 7.12. The van der Waals surface area contributed by atoms with E-state index >= 15 is 0 Å². The van der Waals surface area contributed by atoms with Gasteiger partial charge in [-0.2, -0.15) is 4.31 Å². The van der Waals surface area contributed by atoms with Crippen molar-refractivity contribution in [2.45, 2.75) is 44.4 Å². The van der Waals surface area contributed by atoms with Crippen LogP contribution in [0, 0.1) is 18.7 Å². The largest absolute Gasteiger partial charge is 0.326 e. The van der Waals surface area contributed by atoms with Crippen LogP contribution in [-0.2, 0) is 26.0 Å². The lowest BCUT2D eigenvalue weighted by Gasteiger charge is -2.31. The summed E-state index contributed by atoms with van der Waals surface area (Å²) in [5.74, 6) is -1.36. The smallest absolute Gasteiger partial charge is 0.244 e. The Balaban J connectivity index is 1.55. The number of hydrogen-bond acceptors (Lipinski definition) is 4. The molecule has 10 heteroatoms. The third-order valence-corrected chi connectivity index (χ3v) is 9.27. The molecule has 0 radical (unpaired) electrons. The minimum Gasteiger partial charge on any atom is -0.326 e. The molecule has 2 heterocycles. The topological polar surface area (TPSA) is 86.8 Å². The highest BCUT2D eigenvalue weighted by Crippen LogP contribution is 2.37. The van der Waals surface area contributed by atoms with Gasteiger partial charge in [0.2, 0.25) is 21.8 Å². The van der Waals surface area contributed by atoms with Crippen LogP contribution < -0.4 is 10.2 Å². The Morgan fingerprint density at radius 2 is 1.97 bits per heavy atom. The molecule has 4 rings (SSSR count). The highest BCUT2D eigenvalue weighted by atomic mass is 79.9. The van der Waals surface area contributed by atoms with Gasteiger partial charge >= 0.3 is 0 Å². The van der Waals surface area contributed by atoms with Crippen molar-refractivity contribution in [2.24, 2.45) is 5.92 Å². The van der Waals surface area contributed by atoms with Gasteiger partial charge in [0.05, 0.1) is 10.8 Å². The number of anilines is 2. The molecule has 0 bridgehead atoms. The second-order valence-corrected chi connectivity index (χ2v) is 11.5. The Morgan fingerprint density at radius 3 is 2.68 bits per heavy atom. The summed E-state index contributed by atoms with van der Waals surface area (Å²) in [5.41, 5.74) is 2.37. The molecule has 2 aliphatic heterocycles. The third kappa shape index (κ3) is 4.76. The molecule has 1 N–H and O–H groups in total. The van der Waals surface area contributed by atoms with Crippen molar-refractivity contribution in [1.82, 2.24) is 4.31 Å². The van der Waals surface area contributed by atoms with Crippen LogP contribution in [0.4, 0.5) is 15.8 Å². The number of rotatable bonds is 5. The van der Waals surface area contributed by atoms with Gasteiger partial charge in [-0.1, -0.05) is 13.0 Å². The SMILES string of the molecule is CCC(=O)N1CCc2cc(Br)c(S(=O)(=O)N3CCC[C@@H](C(=O)Nc4ccc(C)c(F)c4)C3)cc21. The summed E-state index contributed by atoms with van der Waals surface area (Å²) in [6, 6.07) is 7.80. The fourth-order valence-corrected chi connectivity index (χ4v) is 7.06. The van der Waals surface area contributed by atoms with Gasteiger partial charge in [-0.15, -0.1) is 0 Å². The lowest BCUT2D eigenvalue weighted by molar-refractivity contribution is -0.121. The van der Waals surface area contributed by atoms with Gasteiger partial charge in [-0.05, 0) is 77.5 Å². The van der Waals surface area contributed by atoms with Crippen LogP contribution in [0.25, 0.3) is 0 Å². The first-order valence-corrected chi connectivity index (χ1v) is 13.5. The Hall–Kier alpha value is -2.30. The summed E-state index contributed by atoms with van der Waals surface area (Å²) in [7, 11) is -3.91. The number of amides is 2. The van der Waals surface area contributed by atoms with Crippen LogP contribution in [0.1, 0.15) is 37.3 Å². The summed E-state index contributed by atoms with van der Waals surface area (Å²) in [4.78, 5) is 26.9. The lowest BCUT2D eigenvalue weighted by Crippen LogP contribution is -2.43. The van der Waals surface area contributed by atoms with Crippen LogP contribution >= 0.6 is 15.9 Å². The molecule has 182 valence electrons. The third-order valence-electron chi connectivity index (χ3n) is 6.44. The molecule has 1 fully saturated rings. The molecule has 34 heavy (non-hydrogen) atoms. The number of nitrogens with one attached hydrogen (secondary N) is 1. The molecule has 0 unspecified atom stereocenters. The second kappa shape index (κ2) is 9.75. The molecule has 2 aromatic rings. The fraction of sp³-hybridized carbons (Fsp3) is 0.417. The maximum Gasteiger partial charge on any atom is 0.244 e. The summed E-state index contributed by atoms with van der Waals surface area (Å²) in [6.07, 6.45) is 2.08. The number of fused-ring (bicyclic) bond motifs is 1. The van der Waals surface area contributed by atoms with Crippen molar-refractivity contribution >= 4 is 49.1 Å². The van der Waals surface area contributed by atoms with Crippen LogP contribution in [0.2, 0.25) is 0 Å². The van der Waals surface area contributed by atoms with E-state index in [0.717, 1.165) is 5.56 Å². The summed E-state index contributed by atoms with van der Waals surface area (Å²) in [5, 5.41) is 2.71. The van der Waals surface area contributed by atoms with E-state index in [9.17, 15) is 22.4 Å². The standard InChI is InChI=1S/C24H27BrFN3O4S/c1-3-23(30)29-10-8-16-11-19(25)22(13-21(16)29)34(32,33)28-9-4-5-17(14-28)24(31)27-18-7-6-15(2)20(26)12-18/h6-7,11-13,17H,3-5,8-10,14H2,1-2H3,(H,27,31)/t17-/m1/s1. The predicted octanol–water partition coefficient (Wildman–Crippen LogP) is 4.24. The number of sulfonamides is 1. The Bertz CT molecular complexity index is 1250. The molecular weight excluding hydrogens is 525 g/mol. The van der Waals surface area contributed by atoms with Gasteiger partial charge in [0.15, 0.2) is 0 Å². The van der Waals surface area contributed by atoms with Crippen LogP contribution in [-0.4, -0.2) is 44.2 Å². The van der Waals surface area contributed by atoms with Gasteiger partial charge in [0.1, 0.15) is 5.82 Å². The van der Waals surface area contributed by atoms with E-state index < -0.39 is 21.8 Å². The normalized spacial score (nSPS) is 18.6. The average Bonchev–Trinajstić information content (AvgIpc) is 3.23.